The van der Waals surface area contributed by atoms with Crippen LogP contribution >= 0.6 is 11.6 Å². The minimum Gasteiger partial charge on any atom is -0.383 e. The van der Waals surface area contributed by atoms with Gasteiger partial charge in [-0.3, -0.25) is 4.79 Å². The lowest BCUT2D eigenvalue weighted by Crippen LogP contribution is -2.47. The van der Waals surface area contributed by atoms with Gasteiger partial charge in [0, 0.05) is 31.6 Å². The highest BCUT2D eigenvalue weighted by Gasteiger charge is 2.34. The van der Waals surface area contributed by atoms with Crippen molar-refractivity contribution in [2.45, 2.75) is 39.7 Å². The summed E-state index contributed by atoms with van der Waals surface area (Å²) in [6.07, 6.45) is 1.39. The number of urea groups is 1. The predicted molar refractivity (Wildman–Crippen MR) is 135 cm³/mol. The molecule has 0 aliphatic carbocycles. The van der Waals surface area contributed by atoms with Crippen molar-refractivity contribution in [3.63, 3.8) is 0 Å². The van der Waals surface area contributed by atoms with Crippen LogP contribution in [0.1, 0.15) is 48.1 Å². The fourth-order valence-electron chi connectivity index (χ4n) is 3.81. The molecule has 0 saturated carbocycles. The number of carbonyl (C=O) groups excluding carboxylic acids is 2. The molecule has 2 aromatic rings. The maximum Gasteiger partial charge on any atom is 0.317 e. The van der Waals surface area contributed by atoms with E-state index < -0.39 is 0 Å². The molecule has 7 nitrogen and oxygen atoms in total. The first-order valence-electron chi connectivity index (χ1n) is 11.6. The number of benzene rings is 2. The van der Waals surface area contributed by atoms with Crippen molar-refractivity contribution in [2.75, 3.05) is 33.4 Å². The van der Waals surface area contributed by atoms with Gasteiger partial charge in [0.25, 0.3) is 5.91 Å². The van der Waals surface area contributed by atoms with Crippen molar-refractivity contribution in [1.82, 2.24) is 15.2 Å². The van der Waals surface area contributed by atoms with Gasteiger partial charge in [0.2, 0.25) is 0 Å². The third kappa shape index (κ3) is 6.36. The number of ether oxygens (including phenoxy) is 1. The number of carbonyl (C=O) groups is 2. The number of hydrazone groups is 1. The van der Waals surface area contributed by atoms with Gasteiger partial charge in [-0.15, -0.1) is 0 Å². The van der Waals surface area contributed by atoms with Gasteiger partial charge in [-0.25, -0.2) is 9.80 Å². The Morgan fingerprint density at radius 1 is 1.18 bits per heavy atom. The van der Waals surface area contributed by atoms with E-state index in [0.717, 1.165) is 23.3 Å². The Hall–Kier alpha value is -2.90. The van der Waals surface area contributed by atoms with E-state index >= 15 is 0 Å². The average Bonchev–Trinajstić information content (AvgIpc) is 3.28. The molecule has 1 aliphatic heterocycles. The van der Waals surface area contributed by atoms with Gasteiger partial charge in [0.05, 0.1) is 18.4 Å². The number of nitrogens with one attached hydrogen (secondary N) is 1. The number of nitrogens with zero attached hydrogens (tertiary/aromatic N) is 3. The Morgan fingerprint density at radius 2 is 1.91 bits per heavy atom. The number of methoxy groups -OCH3 is 1. The smallest absolute Gasteiger partial charge is 0.317 e. The summed E-state index contributed by atoms with van der Waals surface area (Å²) in [5.41, 5.74) is 5.16. The molecule has 2 aromatic carbocycles. The van der Waals surface area contributed by atoms with E-state index in [2.05, 4.69) is 31.3 Å². The Morgan fingerprint density at radius 3 is 2.56 bits per heavy atom. The molecule has 34 heavy (non-hydrogen) atoms. The first-order valence-corrected chi connectivity index (χ1v) is 12.0. The van der Waals surface area contributed by atoms with E-state index in [1.165, 1.54) is 21.0 Å². The number of aryl methyl sites for hydroxylation is 2. The Kier molecular flexibility index (Phi) is 9.07. The monoisotopic (exact) mass is 484 g/mol. The van der Waals surface area contributed by atoms with E-state index in [1.807, 2.05) is 37.3 Å². The number of rotatable bonds is 9. The highest BCUT2D eigenvalue weighted by molar-refractivity contribution is 6.30. The predicted octanol–water partition coefficient (Wildman–Crippen LogP) is 4.70. The molecular formula is C26H33ClN4O3. The molecule has 8 heteroatoms. The molecule has 1 aliphatic rings. The molecular weight excluding hydrogens is 452 g/mol. The van der Waals surface area contributed by atoms with Crippen LogP contribution in [0.3, 0.4) is 0 Å². The topological polar surface area (TPSA) is 74.2 Å². The standard InChI is InChI=1S/C26H33ClN4O3/c1-5-12-28-26(33)30(13-14-34-4)17-25(32)31-24(20-8-10-22(27)11-9-20)16-23(29-31)21-7-6-18(2)19(3)15-21/h6-11,15,24H,5,12-14,16-17H2,1-4H3,(H,28,33)/t24-/m1/s1. The summed E-state index contributed by atoms with van der Waals surface area (Å²) < 4.78 is 5.14. The SMILES string of the molecule is CCCNC(=O)N(CCOC)CC(=O)N1N=C(c2ccc(C)c(C)c2)C[C@@H]1c1ccc(Cl)cc1. The van der Waals surface area contributed by atoms with Crippen molar-refractivity contribution in [2.24, 2.45) is 5.10 Å². The molecule has 0 radical (unpaired) electrons. The lowest BCUT2D eigenvalue weighted by atomic mass is 9.96. The molecule has 0 aromatic heterocycles. The second-order valence-electron chi connectivity index (χ2n) is 8.50. The molecule has 0 spiro atoms. The fraction of sp³-hybridized carbons (Fsp3) is 0.423. The molecule has 3 amide bonds. The van der Waals surface area contributed by atoms with Gasteiger partial charge in [0.15, 0.2) is 0 Å². The van der Waals surface area contributed by atoms with Crippen LogP contribution in [0.2, 0.25) is 5.02 Å². The van der Waals surface area contributed by atoms with E-state index in [1.54, 1.807) is 7.11 Å². The molecule has 1 N–H and O–H groups in total. The van der Waals surface area contributed by atoms with Gasteiger partial charge in [-0.05, 0) is 60.7 Å². The van der Waals surface area contributed by atoms with Gasteiger partial charge in [0.1, 0.15) is 6.54 Å². The summed E-state index contributed by atoms with van der Waals surface area (Å²) in [6.45, 7) is 7.22. The molecule has 1 heterocycles. The quantitative estimate of drug-likeness (QED) is 0.560. The maximum atomic E-state index is 13.5. The van der Waals surface area contributed by atoms with E-state index in [4.69, 9.17) is 21.4 Å². The highest BCUT2D eigenvalue weighted by atomic mass is 35.5. The molecule has 0 fully saturated rings. The van der Waals surface area contributed by atoms with Crippen molar-refractivity contribution in [3.8, 4) is 0 Å². The largest absolute Gasteiger partial charge is 0.383 e. The summed E-state index contributed by atoms with van der Waals surface area (Å²) in [6, 6.07) is 13.1. The number of hydrogen-bond acceptors (Lipinski definition) is 4. The Balaban J connectivity index is 1.89. The average molecular weight is 485 g/mol. The first kappa shape index (κ1) is 25.7. The maximum absolute atomic E-state index is 13.5. The van der Waals surface area contributed by atoms with E-state index in [-0.39, 0.29) is 24.5 Å². The van der Waals surface area contributed by atoms with Gasteiger partial charge >= 0.3 is 6.03 Å². The van der Waals surface area contributed by atoms with Crippen LogP contribution in [0.15, 0.2) is 47.6 Å². The van der Waals surface area contributed by atoms with Crippen LogP contribution in [0.4, 0.5) is 4.79 Å². The second-order valence-corrected chi connectivity index (χ2v) is 8.94. The summed E-state index contributed by atoms with van der Waals surface area (Å²) in [4.78, 5) is 27.6. The van der Waals surface area contributed by atoms with Gasteiger partial charge < -0.3 is 15.0 Å². The highest BCUT2D eigenvalue weighted by Crippen LogP contribution is 2.33. The zero-order chi connectivity index (χ0) is 24.7. The van der Waals surface area contributed by atoms with Crippen LogP contribution in [0, 0.1) is 13.8 Å². The Labute approximate surface area is 206 Å². The van der Waals surface area contributed by atoms with Crippen molar-refractivity contribution >= 4 is 29.3 Å². The van der Waals surface area contributed by atoms with Crippen LogP contribution < -0.4 is 5.32 Å². The Bertz CT molecular complexity index is 1040. The number of amides is 3. The molecule has 1 atom stereocenters. The normalized spacial score (nSPS) is 15.3. The molecule has 3 rings (SSSR count). The second kappa shape index (κ2) is 12.0. The molecule has 0 bridgehead atoms. The molecule has 0 saturated heterocycles. The van der Waals surface area contributed by atoms with E-state index in [9.17, 15) is 9.59 Å². The minimum absolute atomic E-state index is 0.0906. The lowest BCUT2D eigenvalue weighted by molar-refractivity contribution is -0.133. The third-order valence-electron chi connectivity index (χ3n) is 5.97. The minimum atomic E-state index is -0.284. The lowest BCUT2D eigenvalue weighted by Gasteiger charge is -2.27. The zero-order valence-corrected chi connectivity index (χ0v) is 21.1. The van der Waals surface area contributed by atoms with Gasteiger partial charge in [-0.1, -0.05) is 42.8 Å². The summed E-state index contributed by atoms with van der Waals surface area (Å²) in [5.74, 6) is -0.249. The van der Waals surface area contributed by atoms with Crippen molar-refractivity contribution in [3.05, 3.63) is 69.7 Å². The number of halogens is 1. The van der Waals surface area contributed by atoms with Crippen LogP contribution in [0.5, 0.6) is 0 Å². The molecule has 0 unspecified atom stereocenters. The van der Waals surface area contributed by atoms with E-state index in [0.29, 0.717) is 31.1 Å². The third-order valence-corrected chi connectivity index (χ3v) is 6.22. The zero-order valence-electron chi connectivity index (χ0n) is 20.3. The van der Waals surface area contributed by atoms with Crippen LogP contribution in [-0.4, -0.2) is 60.9 Å². The van der Waals surface area contributed by atoms with Crippen molar-refractivity contribution < 1.29 is 14.3 Å². The number of hydrogen-bond donors (Lipinski definition) is 1. The first-order chi connectivity index (χ1) is 16.3. The summed E-state index contributed by atoms with van der Waals surface area (Å²) in [7, 11) is 1.57. The fourth-order valence-corrected chi connectivity index (χ4v) is 3.94. The summed E-state index contributed by atoms with van der Waals surface area (Å²) in [5, 5.41) is 9.73. The van der Waals surface area contributed by atoms with Crippen LogP contribution in [-0.2, 0) is 9.53 Å². The summed E-state index contributed by atoms with van der Waals surface area (Å²) >= 11 is 6.10. The van der Waals surface area contributed by atoms with Crippen molar-refractivity contribution in [1.29, 1.82) is 0 Å². The van der Waals surface area contributed by atoms with Crippen LogP contribution in [0.25, 0.3) is 0 Å². The molecule has 182 valence electrons. The van der Waals surface area contributed by atoms with Gasteiger partial charge in [-0.2, -0.15) is 5.10 Å².